The number of thiazole rings is 1. The molecule has 0 amide bonds. The van der Waals surface area contributed by atoms with E-state index in [9.17, 15) is 13.5 Å². The van der Waals surface area contributed by atoms with Gasteiger partial charge in [-0.3, -0.25) is 4.72 Å². The van der Waals surface area contributed by atoms with E-state index >= 15 is 0 Å². The van der Waals surface area contributed by atoms with Crippen molar-refractivity contribution >= 4 is 26.5 Å². The maximum Gasteiger partial charge on any atom is 0.265 e. The van der Waals surface area contributed by atoms with E-state index in [2.05, 4.69) is 9.71 Å². The molecule has 6 nitrogen and oxygen atoms in total. The van der Waals surface area contributed by atoms with Gasteiger partial charge in [0.2, 0.25) is 0 Å². The summed E-state index contributed by atoms with van der Waals surface area (Å²) in [6, 6.07) is 1.49. The van der Waals surface area contributed by atoms with Gasteiger partial charge in [0.25, 0.3) is 10.0 Å². The molecule has 0 unspecified atom stereocenters. The van der Waals surface area contributed by atoms with Crippen LogP contribution in [0.3, 0.4) is 0 Å². The van der Waals surface area contributed by atoms with Crippen molar-refractivity contribution in [1.29, 1.82) is 0 Å². The average molecular weight is 327 g/mol. The van der Waals surface area contributed by atoms with Gasteiger partial charge in [0.05, 0.1) is 12.3 Å². The van der Waals surface area contributed by atoms with Gasteiger partial charge in [-0.25, -0.2) is 13.4 Å². The molecule has 0 saturated carbocycles. The third-order valence-corrected chi connectivity index (χ3v) is 6.10. The highest BCUT2D eigenvalue weighted by atomic mass is 32.2. The predicted molar refractivity (Wildman–Crippen MR) is 81.0 cm³/mol. The van der Waals surface area contributed by atoms with E-state index in [1.165, 1.54) is 28.5 Å². The van der Waals surface area contributed by atoms with Crippen LogP contribution < -0.4 is 4.72 Å². The van der Waals surface area contributed by atoms with Crippen LogP contribution in [0.25, 0.3) is 0 Å². The number of fused-ring (bicyclic) bond motifs is 1. The summed E-state index contributed by atoms with van der Waals surface area (Å²) < 4.78 is 29.0. The van der Waals surface area contributed by atoms with Crippen molar-refractivity contribution in [2.45, 2.75) is 44.2 Å². The maximum atomic E-state index is 12.4. The summed E-state index contributed by atoms with van der Waals surface area (Å²) in [5, 5.41) is 9.68. The summed E-state index contributed by atoms with van der Waals surface area (Å²) in [6.45, 7) is 2.32. The lowest BCUT2D eigenvalue weighted by Gasteiger charge is -2.02. The monoisotopic (exact) mass is 327 g/mol. The molecule has 0 spiro atoms. The molecule has 0 saturated heterocycles. The number of aliphatic hydroxyl groups excluding tert-OH is 1. The zero-order chi connectivity index (χ0) is 15.0. The van der Waals surface area contributed by atoms with E-state index in [1.54, 1.807) is 4.57 Å². The number of aromatic nitrogens is 2. The van der Waals surface area contributed by atoms with Gasteiger partial charge >= 0.3 is 0 Å². The van der Waals surface area contributed by atoms with Crippen molar-refractivity contribution in [3.63, 3.8) is 0 Å². The molecular weight excluding hydrogens is 310 g/mol. The SMILES string of the molecule is CCn1cc(S(=O)(=O)Nc2nc3c(s2)CCC3)cc1CO. The maximum absolute atomic E-state index is 12.4. The fourth-order valence-corrected chi connectivity index (χ4v) is 4.85. The van der Waals surface area contributed by atoms with E-state index in [-0.39, 0.29) is 11.5 Å². The molecule has 114 valence electrons. The lowest BCUT2D eigenvalue weighted by atomic mass is 10.4. The molecule has 2 aromatic heterocycles. The molecule has 0 bridgehead atoms. The molecule has 1 aliphatic carbocycles. The Morgan fingerprint density at radius 2 is 2.29 bits per heavy atom. The fraction of sp³-hybridized carbons (Fsp3) is 0.462. The first kappa shape index (κ1) is 14.6. The summed E-state index contributed by atoms with van der Waals surface area (Å²) in [5.74, 6) is 0. The van der Waals surface area contributed by atoms with Crippen molar-refractivity contribution in [1.82, 2.24) is 9.55 Å². The van der Waals surface area contributed by atoms with Crippen LogP contribution in [0.15, 0.2) is 17.2 Å². The number of anilines is 1. The van der Waals surface area contributed by atoms with E-state index in [0.29, 0.717) is 17.4 Å². The van der Waals surface area contributed by atoms with Crippen LogP contribution in [0.5, 0.6) is 0 Å². The zero-order valence-electron chi connectivity index (χ0n) is 11.7. The Labute approximate surface area is 127 Å². The molecule has 2 heterocycles. The standard InChI is InChI=1S/C13H17N3O3S2/c1-2-16-7-10(6-9(16)8-17)21(18,19)15-13-14-11-4-3-5-12(11)20-13/h6-7,17H,2-5,8H2,1H3,(H,14,15). The Balaban J connectivity index is 1.87. The second kappa shape index (κ2) is 5.43. The summed E-state index contributed by atoms with van der Waals surface area (Å²) in [5.41, 5.74) is 1.60. The number of rotatable bonds is 5. The van der Waals surface area contributed by atoms with E-state index in [0.717, 1.165) is 25.0 Å². The first-order chi connectivity index (χ1) is 10.0. The van der Waals surface area contributed by atoms with Crippen molar-refractivity contribution in [2.24, 2.45) is 0 Å². The van der Waals surface area contributed by atoms with Gasteiger partial charge in [-0.1, -0.05) is 0 Å². The largest absolute Gasteiger partial charge is 0.390 e. The van der Waals surface area contributed by atoms with E-state index in [1.807, 2.05) is 6.92 Å². The average Bonchev–Trinajstić information content (AvgIpc) is 3.10. The number of aryl methyl sites for hydroxylation is 3. The minimum atomic E-state index is -3.66. The second-order valence-electron chi connectivity index (χ2n) is 4.96. The van der Waals surface area contributed by atoms with Crippen molar-refractivity contribution in [3.8, 4) is 0 Å². The molecule has 0 radical (unpaired) electrons. The van der Waals surface area contributed by atoms with Crippen molar-refractivity contribution in [2.75, 3.05) is 4.72 Å². The molecule has 0 atom stereocenters. The highest BCUT2D eigenvalue weighted by Crippen LogP contribution is 2.31. The molecule has 2 aromatic rings. The van der Waals surface area contributed by atoms with E-state index < -0.39 is 10.0 Å². The third kappa shape index (κ3) is 2.70. The Morgan fingerprint density at radius 3 is 2.90 bits per heavy atom. The Hall–Kier alpha value is -1.38. The lowest BCUT2D eigenvalue weighted by Crippen LogP contribution is -2.12. The van der Waals surface area contributed by atoms with Crippen LogP contribution in [0.1, 0.15) is 29.6 Å². The smallest absolute Gasteiger partial charge is 0.265 e. The van der Waals surface area contributed by atoms with Gasteiger partial charge in [0, 0.05) is 23.3 Å². The summed E-state index contributed by atoms with van der Waals surface area (Å²) in [6.07, 6.45) is 4.54. The molecule has 0 aromatic carbocycles. The number of aliphatic hydroxyl groups is 1. The Morgan fingerprint density at radius 1 is 1.48 bits per heavy atom. The summed E-state index contributed by atoms with van der Waals surface area (Å²) in [7, 11) is -3.66. The summed E-state index contributed by atoms with van der Waals surface area (Å²) >= 11 is 1.41. The topological polar surface area (TPSA) is 84.2 Å². The van der Waals surface area contributed by atoms with Gasteiger partial charge in [-0.05, 0) is 32.3 Å². The highest BCUT2D eigenvalue weighted by Gasteiger charge is 2.22. The van der Waals surface area contributed by atoms with Gasteiger partial charge in [-0.2, -0.15) is 0 Å². The quantitative estimate of drug-likeness (QED) is 0.876. The van der Waals surface area contributed by atoms with Crippen LogP contribution in [-0.4, -0.2) is 23.1 Å². The first-order valence-electron chi connectivity index (χ1n) is 6.85. The van der Waals surface area contributed by atoms with Gasteiger partial charge in [0.1, 0.15) is 4.90 Å². The Kier molecular flexibility index (Phi) is 3.76. The van der Waals surface area contributed by atoms with Gasteiger partial charge in [-0.15, -0.1) is 11.3 Å². The van der Waals surface area contributed by atoms with Crippen LogP contribution in [-0.2, 0) is 36.0 Å². The predicted octanol–water partition coefficient (Wildman–Crippen LogP) is 1.75. The number of nitrogens with zero attached hydrogens (tertiary/aromatic N) is 2. The number of hydrogen-bond donors (Lipinski definition) is 2. The van der Waals surface area contributed by atoms with Gasteiger partial charge < -0.3 is 9.67 Å². The number of hydrogen-bond acceptors (Lipinski definition) is 5. The number of nitrogens with one attached hydrogen (secondary N) is 1. The fourth-order valence-electron chi connectivity index (χ4n) is 2.51. The second-order valence-corrected chi connectivity index (χ2v) is 7.73. The molecule has 8 heteroatoms. The third-order valence-electron chi connectivity index (χ3n) is 3.59. The molecular formula is C13H17N3O3S2. The lowest BCUT2D eigenvalue weighted by molar-refractivity contribution is 0.271. The van der Waals surface area contributed by atoms with Crippen molar-refractivity contribution in [3.05, 3.63) is 28.5 Å². The van der Waals surface area contributed by atoms with Crippen LogP contribution >= 0.6 is 11.3 Å². The minimum absolute atomic E-state index is 0.156. The molecule has 2 N–H and O–H groups in total. The normalized spacial score (nSPS) is 14.4. The molecule has 0 fully saturated rings. The number of sulfonamides is 1. The zero-order valence-corrected chi connectivity index (χ0v) is 13.3. The van der Waals surface area contributed by atoms with E-state index in [4.69, 9.17) is 0 Å². The molecule has 3 rings (SSSR count). The van der Waals surface area contributed by atoms with Crippen molar-refractivity contribution < 1.29 is 13.5 Å². The first-order valence-corrected chi connectivity index (χ1v) is 9.14. The minimum Gasteiger partial charge on any atom is -0.390 e. The summed E-state index contributed by atoms with van der Waals surface area (Å²) in [4.78, 5) is 5.68. The van der Waals surface area contributed by atoms with Crippen LogP contribution in [0, 0.1) is 0 Å². The molecule has 0 aliphatic heterocycles. The highest BCUT2D eigenvalue weighted by molar-refractivity contribution is 7.93. The van der Waals surface area contributed by atoms with Gasteiger partial charge in [0.15, 0.2) is 5.13 Å². The molecule has 21 heavy (non-hydrogen) atoms. The van der Waals surface area contributed by atoms with Crippen LogP contribution in [0.4, 0.5) is 5.13 Å². The van der Waals surface area contributed by atoms with Crippen LogP contribution in [0.2, 0.25) is 0 Å². The Bertz CT molecular complexity index is 719. The molecule has 1 aliphatic rings.